The highest BCUT2D eigenvalue weighted by molar-refractivity contribution is 7.74. The summed E-state index contributed by atoms with van der Waals surface area (Å²) in [6.45, 7) is 0. The average molecular weight is 598 g/mol. The summed E-state index contributed by atoms with van der Waals surface area (Å²) in [4.78, 5) is 17.0. The van der Waals surface area contributed by atoms with Gasteiger partial charge in [0.25, 0.3) is 5.63 Å². The second-order valence-electron chi connectivity index (χ2n) is 10.6. The maximum Gasteiger partial charge on any atom is 0.337 e. The van der Waals surface area contributed by atoms with Crippen molar-refractivity contribution in [2.24, 2.45) is 0 Å². The fourth-order valence-corrected chi connectivity index (χ4v) is 8.01. The zero-order valence-corrected chi connectivity index (χ0v) is 24.4. The minimum absolute atomic E-state index is 0.0726. The Balaban J connectivity index is 1.38. The zero-order valence-electron chi connectivity index (χ0n) is 23.5. The van der Waals surface area contributed by atoms with Crippen LogP contribution in [0.5, 0.6) is 11.5 Å². The van der Waals surface area contributed by atoms with Crippen LogP contribution in [0.15, 0.2) is 126 Å². The van der Waals surface area contributed by atoms with E-state index in [0.717, 1.165) is 32.7 Å². The van der Waals surface area contributed by atoms with Crippen molar-refractivity contribution in [1.82, 2.24) is 4.98 Å². The summed E-state index contributed by atoms with van der Waals surface area (Å²) >= 11 is 0. The number of carbonyl (C=O) groups is 1. The summed E-state index contributed by atoms with van der Waals surface area (Å²) in [5, 5.41) is 4.20. The molecule has 214 valence electrons. The van der Waals surface area contributed by atoms with Crippen LogP contribution in [0.4, 0.5) is 0 Å². The Kier molecular flexibility index (Phi) is 6.12. The molecule has 8 rings (SSSR count). The summed E-state index contributed by atoms with van der Waals surface area (Å²) in [7, 11) is -2.78. The molecule has 1 atom stereocenters. The molecular formula is C36H24NO6P. The average Bonchev–Trinajstić information content (AvgIpc) is 3.51. The largest absolute Gasteiger partial charge is 0.465 e. The molecule has 0 N–H and O–H groups in total. The Bertz CT molecular complexity index is 2260. The van der Waals surface area contributed by atoms with Crippen molar-refractivity contribution in [1.29, 1.82) is 0 Å². The van der Waals surface area contributed by atoms with Crippen LogP contribution >= 0.6 is 7.37 Å². The zero-order chi connectivity index (χ0) is 29.8. The van der Waals surface area contributed by atoms with Gasteiger partial charge in [0, 0.05) is 11.1 Å². The van der Waals surface area contributed by atoms with Gasteiger partial charge in [-0.1, -0.05) is 72.8 Å². The van der Waals surface area contributed by atoms with E-state index in [1.807, 2.05) is 97.1 Å². The smallest absolute Gasteiger partial charge is 0.337 e. The first kappa shape index (κ1) is 26.4. The molecule has 0 radical (unpaired) electrons. The molecule has 2 heterocycles. The third kappa shape index (κ3) is 4.21. The van der Waals surface area contributed by atoms with Crippen molar-refractivity contribution in [3.8, 4) is 11.5 Å². The van der Waals surface area contributed by atoms with E-state index in [-0.39, 0.29) is 5.63 Å². The van der Waals surface area contributed by atoms with Crippen LogP contribution in [0.1, 0.15) is 27.6 Å². The molecule has 0 fully saturated rings. The van der Waals surface area contributed by atoms with E-state index in [2.05, 4.69) is 6.07 Å². The van der Waals surface area contributed by atoms with Gasteiger partial charge in [-0.25, -0.2) is 9.78 Å². The van der Waals surface area contributed by atoms with Gasteiger partial charge in [0.1, 0.15) is 23.1 Å². The number of fused-ring (bicyclic) bond motifs is 5. The number of esters is 1. The van der Waals surface area contributed by atoms with E-state index >= 15 is 4.57 Å². The molecule has 0 aliphatic carbocycles. The Labute approximate surface area is 252 Å². The van der Waals surface area contributed by atoms with Crippen LogP contribution in [-0.2, 0) is 13.8 Å². The fraction of sp³-hybridized carbons (Fsp3) is 0.0556. The molecule has 0 bridgehead atoms. The number of oxazole rings is 1. The maximum absolute atomic E-state index is 15.8. The highest BCUT2D eigenvalue weighted by Crippen LogP contribution is 2.56. The molecule has 1 aromatic heterocycles. The minimum Gasteiger partial charge on any atom is -0.465 e. The number of benzene rings is 6. The van der Waals surface area contributed by atoms with E-state index in [1.54, 1.807) is 18.2 Å². The number of rotatable bonds is 5. The summed E-state index contributed by atoms with van der Waals surface area (Å²) in [5.74, 6) is 0.728. The summed E-state index contributed by atoms with van der Waals surface area (Å²) in [5.41, 5.74) is 2.44. The first-order valence-electron chi connectivity index (χ1n) is 14.1. The number of ether oxygens (including phenoxy) is 2. The molecule has 1 aliphatic heterocycles. The first-order chi connectivity index (χ1) is 21.5. The molecule has 1 unspecified atom stereocenters. The third-order valence-electron chi connectivity index (χ3n) is 7.97. The topological polar surface area (TPSA) is 87.9 Å². The number of aromatic nitrogens is 1. The minimum atomic E-state index is -4.10. The van der Waals surface area contributed by atoms with Gasteiger partial charge in [-0.05, 0) is 70.1 Å². The van der Waals surface area contributed by atoms with Gasteiger partial charge in [-0.2, -0.15) is 0 Å². The van der Waals surface area contributed by atoms with Crippen molar-refractivity contribution in [3.05, 3.63) is 138 Å². The van der Waals surface area contributed by atoms with Crippen LogP contribution < -0.4 is 15.7 Å². The van der Waals surface area contributed by atoms with E-state index in [9.17, 15) is 4.79 Å². The summed E-state index contributed by atoms with van der Waals surface area (Å²) in [6, 6.07) is 37.7. The van der Waals surface area contributed by atoms with Gasteiger partial charge in [-0.3, -0.25) is 4.57 Å². The molecule has 8 heteroatoms. The van der Waals surface area contributed by atoms with Crippen LogP contribution in [0, 0.1) is 0 Å². The summed E-state index contributed by atoms with van der Waals surface area (Å²) in [6.07, 6.45) is -0.752. The number of hydrogen-bond acceptors (Lipinski definition) is 7. The normalized spacial score (nSPS) is 14.1. The van der Waals surface area contributed by atoms with Crippen molar-refractivity contribution >= 4 is 56.9 Å². The van der Waals surface area contributed by atoms with Crippen LogP contribution in [0.25, 0.3) is 32.6 Å². The van der Waals surface area contributed by atoms with Crippen molar-refractivity contribution < 1.29 is 27.8 Å². The Morgan fingerprint density at radius 1 is 0.750 bits per heavy atom. The molecule has 0 amide bonds. The SMILES string of the molecule is COC(=O)c1ccc2oc(P(=O)(OC3c4ccccc4Oc4ccccc43)c3cccc4cc5ccccc5cc34)nc2c1. The van der Waals surface area contributed by atoms with Gasteiger partial charge in [0.15, 0.2) is 5.58 Å². The Morgan fingerprint density at radius 3 is 2.14 bits per heavy atom. The van der Waals surface area contributed by atoms with E-state index in [0.29, 0.717) is 33.5 Å². The molecule has 7 aromatic rings. The van der Waals surface area contributed by atoms with Crippen molar-refractivity contribution in [2.75, 3.05) is 7.11 Å². The van der Waals surface area contributed by atoms with Crippen molar-refractivity contribution in [2.45, 2.75) is 6.10 Å². The van der Waals surface area contributed by atoms with Crippen LogP contribution in [0.3, 0.4) is 0 Å². The lowest BCUT2D eigenvalue weighted by molar-refractivity contribution is 0.0601. The third-order valence-corrected chi connectivity index (χ3v) is 10.2. The van der Waals surface area contributed by atoms with Gasteiger partial charge in [0.05, 0.1) is 18.0 Å². The quantitative estimate of drug-likeness (QED) is 0.113. The number of carbonyl (C=O) groups excluding carboxylic acids is 1. The van der Waals surface area contributed by atoms with E-state index in [1.165, 1.54) is 7.11 Å². The number of nitrogens with zero attached hydrogens (tertiary/aromatic N) is 1. The monoisotopic (exact) mass is 597 g/mol. The maximum atomic E-state index is 15.8. The van der Waals surface area contributed by atoms with Gasteiger partial charge in [-0.15, -0.1) is 0 Å². The predicted octanol–water partition coefficient (Wildman–Crippen LogP) is 8.06. The lowest BCUT2D eigenvalue weighted by atomic mass is 9.97. The summed E-state index contributed by atoms with van der Waals surface area (Å²) < 4.78 is 40.0. The first-order valence-corrected chi connectivity index (χ1v) is 15.7. The second kappa shape index (κ2) is 10.2. The van der Waals surface area contributed by atoms with Gasteiger partial charge < -0.3 is 18.4 Å². The Hall–Kier alpha value is -5.23. The lowest BCUT2D eigenvalue weighted by Crippen LogP contribution is -2.23. The van der Waals surface area contributed by atoms with Crippen LogP contribution in [-0.4, -0.2) is 18.1 Å². The molecule has 0 saturated carbocycles. The van der Waals surface area contributed by atoms with E-state index in [4.69, 9.17) is 23.4 Å². The van der Waals surface area contributed by atoms with Gasteiger partial charge >= 0.3 is 13.3 Å². The fourth-order valence-electron chi connectivity index (χ4n) is 5.83. The predicted molar refractivity (Wildman–Crippen MR) is 170 cm³/mol. The second-order valence-corrected chi connectivity index (χ2v) is 12.8. The Morgan fingerprint density at radius 2 is 1.41 bits per heavy atom. The van der Waals surface area contributed by atoms with Crippen LogP contribution in [0.2, 0.25) is 0 Å². The molecule has 44 heavy (non-hydrogen) atoms. The number of hydrogen-bond donors (Lipinski definition) is 0. The molecule has 0 spiro atoms. The standard InChI is InChI=1S/C36H24NO6P/c1-40-35(38)25-17-18-32-29(21-25)37-36(42-32)44(39,33-16-8-11-24-19-22-9-2-3-10-23(22)20-28(24)33)43-34-26-12-4-6-14-30(26)41-31-15-7-5-13-27(31)34/h2-21,34H,1H3. The highest BCUT2D eigenvalue weighted by Gasteiger charge is 2.42. The molecule has 6 aromatic carbocycles. The van der Waals surface area contributed by atoms with Gasteiger partial charge in [0.2, 0.25) is 0 Å². The van der Waals surface area contributed by atoms with Crippen molar-refractivity contribution in [3.63, 3.8) is 0 Å². The molecule has 0 saturated heterocycles. The molecular weight excluding hydrogens is 573 g/mol. The number of para-hydroxylation sites is 2. The molecule has 1 aliphatic rings. The van der Waals surface area contributed by atoms with E-state index < -0.39 is 19.4 Å². The lowest BCUT2D eigenvalue weighted by Gasteiger charge is -2.30. The highest BCUT2D eigenvalue weighted by atomic mass is 31.2. The molecule has 7 nitrogen and oxygen atoms in total. The number of methoxy groups -OCH3 is 1.